The molecule has 0 spiro atoms. The Labute approximate surface area is 124 Å². The highest BCUT2D eigenvalue weighted by molar-refractivity contribution is 8.13. The van der Waals surface area contributed by atoms with Crippen LogP contribution in [-0.2, 0) is 9.05 Å². The van der Waals surface area contributed by atoms with E-state index >= 15 is 0 Å². The zero-order chi connectivity index (χ0) is 14.5. The third kappa shape index (κ3) is 2.56. The summed E-state index contributed by atoms with van der Waals surface area (Å²) in [5, 5.41) is 0. The summed E-state index contributed by atoms with van der Waals surface area (Å²) in [5.41, 5.74) is 1.72. The molecule has 5 heteroatoms. The Balaban J connectivity index is 1.96. The van der Waals surface area contributed by atoms with E-state index < -0.39 is 9.05 Å². The lowest BCUT2D eigenvalue weighted by molar-refractivity contribution is 0.133. The number of ether oxygens (including phenoxy) is 1. The number of fused-ring (bicyclic) bond motifs is 2. The zero-order valence-corrected chi connectivity index (χ0v) is 13.3. The SMILES string of the molecule is Cc1cc(C)c(OC2CC3CCC2C3)c(S(=O)(=O)Cl)c1. The second kappa shape index (κ2) is 4.92. The first kappa shape index (κ1) is 14.2. The molecule has 0 aromatic heterocycles. The molecule has 3 unspecified atom stereocenters. The van der Waals surface area contributed by atoms with E-state index in [9.17, 15) is 8.42 Å². The number of aryl methyl sites for hydroxylation is 2. The molecule has 3 atom stereocenters. The van der Waals surface area contributed by atoms with Crippen molar-refractivity contribution < 1.29 is 13.2 Å². The van der Waals surface area contributed by atoms with Crippen molar-refractivity contribution >= 4 is 19.7 Å². The van der Waals surface area contributed by atoms with Gasteiger partial charge in [-0.05, 0) is 68.6 Å². The first-order chi connectivity index (χ1) is 9.34. The first-order valence-corrected chi connectivity index (χ1v) is 9.38. The fourth-order valence-corrected chi connectivity index (χ4v) is 4.83. The van der Waals surface area contributed by atoms with Gasteiger partial charge in [0.05, 0.1) is 0 Å². The Bertz CT molecular complexity index is 639. The molecular formula is C15H19ClO3S. The van der Waals surface area contributed by atoms with Crippen LogP contribution in [0.4, 0.5) is 0 Å². The fraction of sp³-hybridized carbons (Fsp3) is 0.600. The number of benzene rings is 1. The van der Waals surface area contributed by atoms with Gasteiger partial charge in [0.2, 0.25) is 0 Å². The van der Waals surface area contributed by atoms with Gasteiger partial charge in [-0.3, -0.25) is 0 Å². The van der Waals surface area contributed by atoms with Gasteiger partial charge in [0.25, 0.3) is 9.05 Å². The summed E-state index contributed by atoms with van der Waals surface area (Å²) in [6, 6.07) is 3.53. The van der Waals surface area contributed by atoms with Crippen LogP contribution in [0, 0.1) is 25.7 Å². The van der Waals surface area contributed by atoms with Crippen molar-refractivity contribution in [2.24, 2.45) is 11.8 Å². The van der Waals surface area contributed by atoms with Crippen molar-refractivity contribution in [1.82, 2.24) is 0 Å². The van der Waals surface area contributed by atoms with Crippen LogP contribution in [0.2, 0.25) is 0 Å². The summed E-state index contributed by atoms with van der Waals surface area (Å²) < 4.78 is 29.6. The third-order valence-corrected chi connectivity index (χ3v) is 5.92. The molecule has 2 fully saturated rings. The molecule has 0 radical (unpaired) electrons. The summed E-state index contributed by atoms with van der Waals surface area (Å²) in [6.45, 7) is 3.74. The summed E-state index contributed by atoms with van der Waals surface area (Å²) in [5.74, 6) is 1.78. The van der Waals surface area contributed by atoms with Crippen molar-refractivity contribution in [3.63, 3.8) is 0 Å². The van der Waals surface area contributed by atoms with Gasteiger partial charge in [0.1, 0.15) is 16.7 Å². The molecule has 3 nitrogen and oxygen atoms in total. The second-order valence-corrected chi connectivity index (χ2v) is 8.71. The second-order valence-electron chi connectivity index (χ2n) is 6.18. The maximum atomic E-state index is 11.8. The third-order valence-electron chi connectivity index (χ3n) is 4.59. The summed E-state index contributed by atoms with van der Waals surface area (Å²) in [6.07, 6.45) is 4.90. The Morgan fingerprint density at radius 2 is 1.95 bits per heavy atom. The molecule has 110 valence electrons. The minimum absolute atomic E-state index is 0.111. The molecule has 0 saturated heterocycles. The molecule has 2 aliphatic carbocycles. The Morgan fingerprint density at radius 1 is 1.20 bits per heavy atom. The zero-order valence-electron chi connectivity index (χ0n) is 11.7. The lowest BCUT2D eigenvalue weighted by atomic mass is 9.97. The molecule has 0 N–H and O–H groups in total. The molecular weight excluding hydrogens is 296 g/mol. The van der Waals surface area contributed by atoms with Crippen molar-refractivity contribution in [2.45, 2.75) is 50.5 Å². The largest absolute Gasteiger partial charge is 0.488 e. The van der Waals surface area contributed by atoms with Gasteiger partial charge in [-0.15, -0.1) is 0 Å². The quantitative estimate of drug-likeness (QED) is 0.797. The molecule has 3 rings (SSSR count). The van der Waals surface area contributed by atoms with Crippen LogP contribution in [0.1, 0.15) is 36.8 Å². The average molecular weight is 315 g/mol. The van der Waals surface area contributed by atoms with Crippen molar-refractivity contribution in [2.75, 3.05) is 0 Å². The van der Waals surface area contributed by atoms with Gasteiger partial charge in [0.15, 0.2) is 0 Å². The van der Waals surface area contributed by atoms with Crippen LogP contribution in [0.15, 0.2) is 17.0 Å². The van der Waals surface area contributed by atoms with E-state index in [1.54, 1.807) is 6.07 Å². The smallest absolute Gasteiger partial charge is 0.265 e. The van der Waals surface area contributed by atoms with E-state index in [4.69, 9.17) is 15.4 Å². The van der Waals surface area contributed by atoms with E-state index in [2.05, 4.69) is 0 Å². The number of halogens is 1. The van der Waals surface area contributed by atoms with Crippen LogP contribution < -0.4 is 4.74 Å². The lowest BCUT2D eigenvalue weighted by Crippen LogP contribution is -2.24. The predicted octanol–water partition coefficient (Wildman–Crippen LogP) is 3.80. The maximum absolute atomic E-state index is 11.8. The highest BCUT2D eigenvalue weighted by atomic mass is 35.7. The van der Waals surface area contributed by atoms with Gasteiger partial charge >= 0.3 is 0 Å². The first-order valence-electron chi connectivity index (χ1n) is 7.07. The van der Waals surface area contributed by atoms with Gasteiger partial charge < -0.3 is 4.74 Å². The molecule has 2 bridgehead atoms. The number of hydrogen-bond acceptors (Lipinski definition) is 3. The molecule has 20 heavy (non-hydrogen) atoms. The summed E-state index contributed by atoms with van der Waals surface area (Å²) in [4.78, 5) is 0.111. The number of hydrogen-bond donors (Lipinski definition) is 0. The van der Waals surface area contributed by atoms with E-state index in [1.165, 1.54) is 19.3 Å². The monoisotopic (exact) mass is 314 g/mol. The van der Waals surface area contributed by atoms with E-state index in [0.29, 0.717) is 11.7 Å². The Morgan fingerprint density at radius 3 is 2.50 bits per heavy atom. The topological polar surface area (TPSA) is 43.4 Å². The predicted molar refractivity (Wildman–Crippen MR) is 78.8 cm³/mol. The van der Waals surface area contributed by atoms with Crippen LogP contribution in [0.5, 0.6) is 5.75 Å². The van der Waals surface area contributed by atoms with Crippen LogP contribution >= 0.6 is 10.7 Å². The molecule has 1 aromatic rings. The molecule has 0 amide bonds. The number of rotatable bonds is 3. The molecule has 2 saturated carbocycles. The van der Waals surface area contributed by atoms with E-state index in [-0.39, 0.29) is 11.0 Å². The van der Waals surface area contributed by atoms with Crippen LogP contribution in [0.3, 0.4) is 0 Å². The van der Waals surface area contributed by atoms with Gasteiger partial charge in [-0.2, -0.15) is 0 Å². The van der Waals surface area contributed by atoms with Gasteiger partial charge in [-0.25, -0.2) is 8.42 Å². The molecule has 0 aliphatic heterocycles. The average Bonchev–Trinajstić information content (AvgIpc) is 2.92. The summed E-state index contributed by atoms with van der Waals surface area (Å²) >= 11 is 0. The van der Waals surface area contributed by atoms with Crippen molar-refractivity contribution in [3.05, 3.63) is 23.3 Å². The van der Waals surface area contributed by atoms with Crippen LogP contribution in [-0.4, -0.2) is 14.5 Å². The molecule has 0 heterocycles. The molecule has 2 aliphatic rings. The van der Waals surface area contributed by atoms with Crippen molar-refractivity contribution in [3.8, 4) is 5.75 Å². The standard InChI is InChI=1S/C15H19ClO3S/c1-9-5-10(2)15(14(6-9)20(16,17)18)19-13-8-11-3-4-12(13)7-11/h5-6,11-13H,3-4,7-8H2,1-2H3. The Hall–Kier alpha value is -0.740. The highest BCUT2D eigenvalue weighted by Crippen LogP contribution is 2.47. The van der Waals surface area contributed by atoms with E-state index in [0.717, 1.165) is 23.5 Å². The molecule has 1 aromatic carbocycles. The Kier molecular flexibility index (Phi) is 3.49. The van der Waals surface area contributed by atoms with Crippen LogP contribution in [0.25, 0.3) is 0 Å². The van der Waals surface area contributed by atoms with E-state index in [1.807, 2.05) is 19.9 Å². The van der Waals surface area contributed by atoms with Crippen molar-refractivity contribution in [1.29, 1.82) is 0 Å². The fourth-order valence-electron chi connectivity index (χ4n) is 3.73. The minimum atomic E-state index is -3.79. The normalized spacial score (nSPS) is 28.9. The highest BCUT2D eigenvalue weighted by Gasteiger charge is 2.41. The van der Waals surface area contributed by atoms with Gasteiger partial charge in [0, 0.05) is 10.7 Å². The maximum Gasteiger partial charge on any atom is 0.265 e. The minimum Gasteiger partial charge on any atom is -0.488 e. The lowest BCUT2D eigenvalue weighted by Gasteiger charge is -2.25. The summed E-state index contributed by atoms with van der Waals surface area (Å²) in [7, 11) is 1.78. The van der Waals surface area contributed by atoms with Gasteiger partial charge in [-0.1, -0.05) is 6.07 Å².